The van der Waals surface area contributed by atoms with Gasteiger partial charge in [0.2, 0.25) is 11.9 Å². The zero-order valence-electron chi connectivity index (χ0n) is 13.6. The van der Waals surface area contributed by atoms with Crippen molar-refractivity contribution in [1.82, 2.24) is 9.55 Å². The van der Waals surface area contributed by atoms with Crippen LogP contribution in [0.3, 0.4) is 0 Å². The zero-order valence-corrected chi connectivity index (χ0v) is 15.2. The molecule has 1 aliphatic rings. The number of nitrogens with one attached hydrogen (secondary N) is 1. The van der Waals surface area contributed by atoms with Gasteiger partial charge in [-0.05, 0) is 36.8 Å². The molecule has 1 N–H and O–H groups in total. The van der Waals surface area contributed by atoms with Crippen molar-refractivity contribution in [3.63, 3.8) is 0 Å². The molecular weight excluding hydrogens is 361 g/mol. The molecular formula is C17H21BrFN3O. The van der Waals surface area contributed by atoms with Crippen LogP contribution in [0, 0.1) is 11.2 Å². The van der Waals surface area contributed by atoms with Gasteiger partial charge in [0, 0.05) is 16.9 Å². The number of hydrogen-bond acceptors (Lipinski definition) is 2. The van der Waals surface area contributed by atoms with Crippen molar-refractivity contribution < 1.29 is 9.18 Å². The Morgan fingerprint density at radius 3 is 2.70 bits per heavy atom. The van der Waals surface area contributed by atoms with Gasteiger partial charge in [-0.1, -0.05) is 36.7 Å². The predicted molar refractivity (Wildman–Crippen MR) is 93.0 cm³/mol. The molecule has 6 heteroatoms. The lowest BCUT2D eigenvalue weighted by molar-refractivity contribution is -0.117. The number of hydrogen-bond donors (Lipinski definition) is 1. The van der Waals surface area contributed by atoms with Crippen molar-refractivity contribution in [3.05, 3.63) is 22.4 Å². The number of halogens is 2. The number of fused-ring (bicyclic) bond motifs is 1. The first-order chi connectivity index (χ1) is 10.7. The van der Waals surface area contributed by atoms with E-state index < -0.39 is 0 Å². The fourth-order valence-electron chi connectivity index (χ4n) is 2.87. The summed E-state index contributed by atoms with van der Waals surface area (Å²) in [7, 11) is 0. The van der Waals surface area contributed by atoms with Crippen LogP contribution in [0.4, 0.5) is 10.3 Å². The third kappa shape index (κ3) is 3.42. The van der Waals surface area contributed by atoms with Crippen LogP contribution in [0.1, 0.15) is 52.5 Å². The van der Waals surface area contributed by atoms with Gasteiger partial charge in [-0.15, -0.1) is 0 Å². The van der Waals surface area contributed by atoms with Gasteiger partial charge >= 0.3 is 0 Å². The van der Waals surface area contributed by atoms with Crippen LogP contribution in [-0.4, -0.2) is 15.5 Å². The third-order valence-electron chi connectivity index (χ3n) is 4.10. The van der Waals surface area contributed by atoms with E-state index >= 15 is 0 Å². The number of rotatable bonds is 3. The molecule has 0 unspecified atom stereocenters. The van der Waals surface area contributed by atoms with E-state index in [0.717, 1.165) is 24.8 Å². The number of imidazole rings is 1. The Bertz CT molecular complexity index is 759. The highest BCUT2D eigenvalue weighted by Gasteiger charge is 2.27. The number of carbonyl (C=O) groups excluding carboxylic acids is 1. The average Bonchev–Trinajstić information content (AvgIpc) is 2.64. The Morgan fingerprint density at radius 1 is 1.43 bits per heavy atom. The summed E-state index contributed by atoms with van der Waals surface area (Å²) in [6.45, 7) is 6.04. The van der Waals surface area contributed by atoms with Crippen molar-refractivity contribution in [1.29, 1.82) is 0 Å². The van der Waals surface area contributed by atoms with Crippen LogP contribution in [-0.2, 0) is 4.79 Å². The Kier molecular flexibility index (Phi) is 4.21. The Hall–Kier alpha value is -1.43. The molecule has 1 fully saturated rings. The minimum absolute atomic E-state index is 0.0900. The Labute approximate surface area is 143 Å². The van der Waals surface area contributed by atoms with Crippen LogP contribution in [0.5, 0.6) is 0 Å². The second-order valence-corrected chi connectivity index (χ2v) is 8.35. The van der Waals surface area contributed by atoms with Gasteiger partial charge in [0.15, 0.2) is 5.82 Å². The summed E-state index contributed by atoms with van der Waals surface area (Å²) in [4.78, 5) is 16.6. The SMILES string of the molecule is CC(C)(C)CC(=O)Nc1nc2c(F)cc(Br)cc2n1C1CCC1. The fraction of sp³-hybridized carbons (Fsp3) is 0.529. The number of benzene rings is 1. The molecule has 4 nitrogen and oxygen atoms in total. The van der Waals surface area contributed by atoms with Crippen LogP contribution < -0.4 is 5.32 Å². The van der Waals surface area contributed by atoms with Crippen molar-refractivity contribution >= 4 is 38.8 Å². The topological polar surface area (TPSA) is 46.9 Å². The molecule has 124 valence electrons. The van der Waals surface area contributed by atoms with Gasteiger partial charge < -0.3 is 4.57 Å². The number of anilines is 1. The molecule has 0 aliphatic heterocycles. The van der Waals surface area contributed by atoms with Gasteiger partial charge in [-0.3, -0.25) is 10.1 Å². The van der Waals surface area contributed by atoms with Gasteiger partial charge in [0.1, 0.15) is 5.52 Å². The molecule has 0 bridgehead atoms. The molecule has 23 heavy (non-hydrogen) atoms. The van der Waals surface area contributed by atoms with Crippen LogP contribution in [0.25, 0.3) is 11.0 Å². The van der Waals surface area contributed by atoms with Gasteiger partial charge in [0.05, 0.1) is 5.52 Å². The fourth-order valence-corrected chi connectivity index (χ4v) is 3.29. The van der Waals surface area contributed by atoms with Crippen molar-refractivity contribution in [2.45, 2.75) is 52.5 Å². The predicted octanol–water partition coefficient (Wildman–Crippen LogP) is 5.04. The normalized spacial score (nSPS) is 15.7. The summed E-state index contributed by atoms with van der Waals surface area (Å²) in [6.07, 6.45) is 3.60. The molecule has 0 spiro atoms. The highest BCUT2D eigenvalue weighted by Crippen LogP contribution is 2.38. The molecule has 1 aromatic heterocycles. The highest BCUT2D eigenvalue weighted by molar-refractivity contribution is 9.10. The van der Waals surface area contributed by atoms with Crippen LogP contribution in [0.2, 0.25) is 0 Å². The van der Waals surface area contributed by atoms with E-state index in [4.69, 9.17) is 0 Å². The lowest BCUT2D eigenvalue weighted by Gasteiger charge is -2.29. The largest absolute Gasteiger partial charge is 0.307 e. The first-order valence-electron chi connectivity index (χ1n) is 7.91. The summed E-state index contributed by atoms with van der Waals surface area (Å²) >= 11 is 3.34. The first-order valence-corrected chi connectivity index (χ1v) is 8.71. The minimum Gasteiger partial charge on any atom is -0.307 e. The second kappa shape index (κ2) is 5.89. The van der Waals surface area contributed by atoms with E-state index in [1.54, 1.807) is 0 Å². The monoisotopic (exact) mass is 381 g/mol. The molecule has 1 saturated carbocycles. The summed E-state index contributed by atoms with van der Waals surface area (Å²) in [6, 6.07) is 3.54. The van der Waals surface area contributed by atoms with Crippen molar-refractivity contribution in [2.75, 3.05) is 5.32 Å². The van der Waals surface area contributed by atoms with Gasteiger partial charge in [-0.25, -0.2) is 9.37 Å². The van der Waals surface area contributed by atoms with Gasteiger partial charge in [0.25, 0.3) is 0 Å². The summed E-state index contributed by atoms with van der Waals surface area (Å²) in [5, 5.41) is 2.88. The van der Waals surface area contributed by atoms with Crippen LogP contribution >= 0.6 is 15.9 Å². The molecule has 1 aromatic carbocycles. The van der Waals surface area contributed by atoms with Crippen LogP contribution in [0.15, 0.2) is 16.6 Å². The first kappa shape index (κ1) is 16.4. The maximum absolute atomic E-state index is 14.2. The van der Waals surface area contributed by atoms with E-state index in [2.05, 4.69) is 26.2 Å². The average molecular weight is 382 g/mol. The van der Waals surface area contributed by atoms with Crippen molar-refractivity contribution in [2.24, 2.45) is 5.41 Å². The van der Waals surface area contributed by atoms with Gasteiger partial charge in [-0.2, -0.15) is 0 Å². The number of aromatic nitrogens is 2. The maximum Gasteiger partial charge on any atom is 0.227 e. The molecule has 1 heterocycles. The number of nitrogens with zero attached hydrogens (tertiary/aromatic N) is 2. The Morgan fingerprint density at radius 2 is 2.13 bits per heavy atom. The second-order valence-electron chi connectivity index (χ2n) is 7.43. The molecule has 1 amide bonds. The third-order valence-corrected chi connectivity index (χ3v) is 4.55. The summed E-state index contributed by atoms with van der Waals surface area (Å²) < 4.78 is 16.9. The van der Waals surface area contributed by atoms with E-state index in [1.165, 1.54) is 6.07 Å². The maximum atomic E-state index is 14.2. The molecule has 1 aliphatic carbocycles. The zero-order chi connectivity index (χ0) is 16.8. The Balaban J connectivity index is 2.02. The van der Waals surface area contributed by atoms with Crippen molar-refractivity contribution in [3.8, 4) is 0 Å². The lowest BCUT2D eigenvalue weighted by Crippen LogP contribution is -2.24. The van der Waals surface area contributed by atoms with E-state index in [-0.39, 0.29) is 23.2 Å². The summed E-state index contributed by atoms with van der Waals surface area (Å²) in [5.74, 6) is -0.0115. The lowest BCUT2D eigenvalue weighted by atomic mass is 9.92. The quantitative estimate of drug-likeness (QED) is 0.809. The minimum atomic E-state index is -0.376. The number of amides is 1. The molecule has 2 aromatic rings. The summed E-state index contributed by atoms with van der Waals surface area (Å²) in [5.41, 5.74) is 0.935. The van der Waals surface area contributed by atoms with E-state index in [1.807, 2.05) is 31.4 Å². The van der Waals surface area contributed by atoms with E-state index in [0.29, 0.717) is 22.4 Å². The molecule has 0 saturated heterocycles. The van der Waals surface area contributed by atoms with E-state index in [9.17, 15) is 9.18 Å². The highest BCUT2D eigenvalue weighted by atomic mass is 79.9. The molecule has 3 rings (SSSR count). The molecule has 0 radical (unpaired) electrons. The standard InChI is InChI=1S/C17H21BrFN3O/c1-17(2,3)9-14(23)20-16-21-15-12(19)7-10(18)8-13(15)22(16)11-5-4-6-11/h7-8,11H,4-6,9H2,1-3H3,(H,20,21,23). The smallest absolute Gasteiger partial charge is 0.227 e. The number of carbonyl (C=O) groups is 1. The molecule has 0 atom stereocenters.